The first-order valence-electron chi connectivity index (χ1n) is 5.35. The highest BCUT2D eigenvalue weighted by Crippen LogP contribution is 2.22. The minimum absolute atomic E-state index is 0.216. The molecule has 0 unspecified atom stereocenters. The summed E-state index contributed by atoms with van der Waals surface area (Å²) in [6.45, 7) is 4.37. The minimum Gasteiger partial charge on any atom is -0.341 e. The smallest absolute Gasteiger partial charge is 0.332 e. The molecule has 0 N–H and O–H groups in total. The number of hydrogen-bond acceptors (Lipinski definition) is 3. The Morgan fingerprint density at radius 3 is 2.62 bits per heavy atom. The number of anilines is 1. The lowest BCUT2D eigenvalue weighted by molar-refractivity contribution is -0.144. The van der Waals surface area contributed by atoms with Crippen molar-refractivity contribution in [1.29, 1.82) is 0 Å². The molecular weight excluding hydrogens is 270 g/mol. The molecule has 0 heterocycles. The van der Waals surface area contributed by atoms with E-state index in [1.165, 1.54) is 0 Å². The van der Waals surface area contributed by atoms with Crippen LogP contribution in [0.4, 0.5) is 5.69 Å². The topological polar surface area (TPSA) is 29.5 Å². The molecule has 88 valence electrons. The summed E-state index contributed by atoms with van der Waals surface area (Å²) >= 11 is 3.42. The largest absolute Gasteiger partial charge is 0.341 e. The normalized spacial score (nSPS) is 9.94. The summed E-state index contributed by atoms with van der Waals surface area (Å²) in [6, 6.07) is 7.86. The Morgan fingerprint density at radius 1 is 1.38 bits per heavy atom. The maximum atomic E-state index is 11.3. The highest BCUT2D eigenvalue weighted by atomic mass is 79.9. The van der Waals surface area contributed by atoms with Crippen molar-refractivity contribution in [2.75, 3.05) is 11.6 Å². The quantitative estimate of drug-likeness (QED) is 0.614. The maximum Gasteiger partial charge on any atom is 0.332 e. The van der Waals surface area contributed by atoms with Crippen molar-refractivity contribution in [3.8, 4) is 0 Å². The van der Waals surface area contributed by atoms with Crippen LogP contribution in [0.5, 0.6) is 0 Å². The molecule has 0 aliphatic rings. The Morgan fingerprint density at radius 2 is 2.06 bits per heavy atom. The molecule has 1 aromatic carbocycles. The van der Waals surface area contributed by atoms with Crippen molar-refractivity contribution >= 4 is 27.6 Å². The number of benzene rings is 1. The second-order valence-electron chi connectivity index (χ2n) is 3.27. The van der Waals surface area contributed by atoms with Crippen LogP contribution in [0.15, 0.2) is 24.3 Å². The van der Waals surface area contributed by atoms with Crippen LogP contribution in [0.1, 0.15) is 25.8 Å². The zero-order chi connectivity index (χ0) is 12.0. The number of nitrogens with zero attached hydrogens (tertiary/aromatic N) is 1. The van der Waals surface area contributed by atoms with Crippen LogP contribution in [0.2, 0.25) is 0 Å². The average Bonchev–Trinajstić information content (AvgIpc) is 2.35. The summed E-state index contributed by atoms with van der Waals surface area (Å²) in [4.78, 5) is 16.5. The van der Waals surface area contributed by atoms with Crippen LogP contribution in [0.3, 0.4) is 0 Å². The summed E-state index contributed by atoms with van der Waals surface area (Å²) in [5.74, 6) is -0.216. The van der Waals surface area contributed by atoms with Gasteiger partial charge in [-0.05, 0) is 18.6 Å². The van der Waals surface area contributed by atoms with Gasteiger partial charge in [0.15, 0.2) is 0 Å². The molecule has 0 atom stereocenters. The molecule has 0 aliphatic carbocycles. The van der Waals surface area contributed by atoms with Gasteiger partial charge in [0.25, 0.3) is 0 Å². The van der Waals surface area contributed by atoms with E-state index in [-0.39, 0.29) is 5.97 Å². The fourth-order valence-corrected chi connectivity index (χ4v) is 1.81. The Bertz CT molecular complexity index is 355. The number of carbonyl (C=O) groups is 1. The lowest BCUT2D eigenvalue weighted by atomic mass is 10.2. The minimum atomic E-state index is -0.216. The van der Waals surface area contributed by atoms with Gasteiger partial charge in [-0.25, -0.2) is 9.86 Å². The predicted molar refractivity (Wildman–Crippen MR) is 68.5 cm³/mol. The summed E-state index contributed by atoms with van der Waals surface area (Å²) in [5, 5.41) is 2.37. The first-order chi connectivity index (χ1) is 7.72. The molecule has 0 amide bonds. The third-order valence-electron chi connectivity index (χ3n) is 2.19. The van der Waals surface area contributed by atoms with E-state index >= 15 is 0 Å². The third-order valence-corrected chi connectivity index (χ3v) is 2.80. The van der Waals surface area contributed by atoms with Gasteiger partial charge in [0.05, 0.1) is 12.2 Å². The number of hydroxylamine groups is 1. The monoisotopic (exact) mass is 285 g/mol. The third kappa shape index (κ3) is 3.23. The van der Waals surface area contributed by atoms with Gasteiger partial charge < -0.3 is 4.84 Å². The van der Waals surface area contributed by atoms with Crippen LogP contribution < -0.4 is 5.06 Å². The number of halogens is 1. The van der Waals surface area contributed by atoms with E-state index < -0.39 is 0 Å². The average molecular weight is 286 g/mol. The molecule has 0 radical (unpaired) electrons. The van der Waals surface area contributed by atoms with Crippen molar-refractivity contribution in [2.45, 2.75) is 25.6 Å². The van der Waals surface area contributed by atoms with Gasteiger partial charge in [-0.1, -0.05) is 41.1 Å². The molecule has 0 bridgehead atoms. The molecule has 0 spiro atoms. The Balaban J connectivity index is 2.89. The molecule has 0 fully saturated rings. The number of para-hydroxylation sites is 1. The zero-order valence-electron chi connectivity index (χ0n) is 9.57. The zero-order valence-corrected chi connectivity index (χ0v) is 11.2. The van der Waals surface area contributed by atoms with Crippen LogP contribution >= 0.6 is 15.9 Å². The van der Waals surface area contributed by atoms with Gasteiger partial charge in [0, 0.05) is 11.8 Å². The standard InChI is InChI=1S/C12H16BrNO2/c1-3-12(15)16-14(4-2)11-8-6-5-7-10(11)9-13/h5-8H,3-4,9H2,1-2H3. The van der Waals surface area contributed by atoms with E-state index in [9.17, 15) is 4.79 Å². The summed E-state index contributed by atoms with van der Waals surface area (Å²) in [7, 11) is 0. The van der Waals surface area contributed by atoms with Crippen molar-refractivity contribution in [2.24, 2.45) is 0 Å². The van der Waals surface area contributed by atoms with Crippen LogP contribution in [-0.4, -0.2) is 12.5 Å². The van der Waals surface area contributed by atoms with E-state index in [1.54, 1.807) is 12.0 Å². The number of carbonyl (C=O) groups excluding carboxylic acids is 1. The predicted octanol–water partition coefficient (Wildman–Crippen LogP) is 3.28. The molecular formula is C12H16BrNO2. The van der Waals surface area contributed by atoms with E-state index in [0.717, 1.165) is 16.6 Å². The van der Waals surface area contributed by atoms with Crippen molar-refractivity contribution in [1.82, 2.24) is 0 Å². The van der Waals surface area contributed by atoms with Gasteiger partial charge in [-0.15, -0.1) is 0 Å². The number of rotatable bonds is 5. The van der Waals surface area contributed by atoms with Gasteiger partial charge >= 0.3 is 5.97 Å². The van der Waals surface area contributed by atoms with E-state index in [1.807, 2.05) is 31.2 Å². The number of alkyl halides is 1. The van der Waals surface area contributed by atoms with Crippen molar-refractivity contribution < 1.29 is 9.63 Å². The summed E-state index contributed by atoms with van der Waals surface area (Å²) in [6.07, 6.45) is 0.382. The molecule has 0 aromatic heterocycles. The van der Waals surface area contributed by atoms with Crippen molar-refractivity contribution in [3.63, 3.8) is 0 Å². The first kappa shape index (κ1) is 13.0. The van der Waals surface area contributed by atoms with Gasteiger partial charge in [-0.2, -0.15) is 0 Å². The van der Waals surface area contributed by atoms with Crippen molar-refractivity contribution in [3.05, 3.63) is 29.8 Å². The van der Waals surface area contributed by atoms with Gasteiger partial charge in [0.2, 0.25) is 0 Å². The van der Waals surface area contributed by atoms with E-state index in [0.29, 0.717) is 13.0 Å². The Labute approximate surface area is 104 Å². The fraction of sp³-hybridized carbons (Fsp3) is 0.417. The maximum absolute atomic E-state index is 11.3. The molecule has 0 aliphatic heterocycles. The highest BCUT2D eigenvalue weighted by molar-refractivity contribution is 9.08. The highest BCUT2D eigenvalue weighted by Gasteiger charge is 2.12. The molecule has 0 saturated carbocycles. The lowest BCUT2D eigenvalue weighted by Crippen LogP contribution is -2.27. The van der Waals surface area contributed by atoms with E-state index in [2.05, 4.69) is 15.9 Å². The Hall–Kier alpha value is -1.03. The van der Waals surface area contributed by atoms with Crippen LogP contribution in [-0.2, 0) is 15.0 Å². The fourth-order valence-electron chi connectivity index (χ4n) is 1.34. The molecule has 4 heteroatoms. The van der Waals surface area contributed by atoms with Gasteiger partial charge in [-0.3, -0.25) is 0 Å². The second kappa shape index (κ2) is 6.53. The van der Waals surface area contributed by atoms with Gasteiger partial charge in [0.1, 0.15) is 0 Å². The summed E-state index contributed by atoms with van der Waals surface area (Å²) < 4.78 is 0. The molecule has 0 saturated heterocycles. The summed E-state index contributed by atoms with van der Waals surface area (Å²) in [5.41, 5.74) is 2.04. The first-order valence-corrected chi connectivity index (χ1v) is 6.47. The van der Waals surface area contributed by atoms with Crippen LogP contribution in [0, 0.1) is 0 Å². The second-order valence-corrected chi connectivity index (χ2v) is 3.83. The molecule has 16 heavy (non-hydrogen) atoms. The van der Waals surface area contributed by atoms with E-state index in [4.69, 9.17) is 4.84 Å². The molecule has 1 rings (SSSR count). The van der Waals surface area contributed by atoms with Crippen LogP contribution in [0.25, 0.3) is 0 Å². The Kier molecular flexibility index (Phi) is 5.32. The molecule has 3 nitrogen and oxygen atoms in total. The SMILES string of the molecule is CCC(=O)ON(CC)c1ccccc1CBr. The number of hydrogen-bond donors (Lipinski definition) is 0. The molecule has 1 aromatic rings. The lowest BCUT2D eigenvalue weighted by Gasteiger charge is -2.23.